The molecule has 1 aliphatic rings. The maximum Gasteiger partial charge on any atom is 0.307 e. The summed E-state index contributed by atoms with van der Waals surface area (Å²) < 4.78 is 13.4. The zero-order valence-electron chi connectivity index (χ0n) is 7.89. The van der Waals surface area contributed by atoms with E-state index in [2.05, 4.69) is 0 Å². The molecule has 0 aliphatic heterocycles. The molecule has 0 aromatic carbocycles. The van der Waals surface area contributed by atoms with Gasteiger partial charge in [0.05, 0.1) is 5.92 Å². The largest absolute Gasteiger partial charge is 0.481 e. The van der Waals surface area contributed by atoms with E-state index in [-0.39, 0.29) is 11.3 Å². The van der Waals surface area contributed by atoms with Crippen LogP contribution in [0.15, 0.2) is 0 Å². The van der Waals surface area contributed by atoms with Crippen LogP contribution in [-0.4, -0.2) is 16.7 Å². The topological polar surface area (TPSA) is 37.3 Å². The van der Waals surface area contributed by atoms with Gasteiger partial charge in [0.1, 0.15) is 5.67 Å². The molecule has 0 aromatic rings. The molecule has 12 heavy (non-hydrogen) atoms. The Morgan fingerprint density at radius 2 is 1.92 bits per heavy atom. The average Bonchev–Trinajstić information content (AvgIpc) is 2.31. The number of hydrogen-bond donors (Lipinski definition) is 1. The minimum absolute atomic E-state index is 0.345. The molecule has 1 N–H and O–H groups in total. The first-order valence-corrected chi connectivity index (χ1v) is 4.10. The van der Waals surface area contributed by atoms with Crippen LogP contribution in [0.25, 0.3) is 0 Å². The Balaban J connectivity index is 2.80. The van der Waals surface area contributed by atoms with Gasteiger partial charge in [-0.1, -0.05) is 13.8 Å². The molecule has 3 heteroatoms. The smallest absolute Gasteiger partial charge is 0.307 e. The van der Waals surface area contributed by atoms with Crippen LogP contribution in [0.5, 0.6) is 0 Å². The number of carboxylic acids is 1. The van der Waals surface area contributed by atoms with Crippen LogP contribution >= 0.6 is 0 Å². The van der Waals surface area contributed by atoms with E-state index in [9.17, 15) is 9.18 Å². The molecule has 0 amide bonds. The van der Waals surface area contributed by atoms with Gasteiger partial charge in [-0.25, -0.2) is 4.39 Å². The lowest BCUT2D eigenvalue weighted by molar-refractivity contribution is -0.139. The zero-order valence-corrected chi connectivity index (χ0v) is 7.89. The van der Waals surface area contributed by atoms with Crippen LogP contribution in [0.3, 0.4) is 0 Å². The maximum absolute atomic E-state index is 13.4. The highest BCUT2D eigenvalue weighted by atomic mass is 19.1. The van der Waals surface area contributed by atoms with Crippen molar-refractivity contribution in [3.05, 3.63) is 0 Å². The predicted molar refractivity (Wildman–Crippen MR) is 43.6 cm³/mol. The van der Waals surface area contributed by atoms with E-state index in [1.54, 1.807) is 13.8 Å². The molecule has 1 saturated carbocycles. The Labute approximate surface area is 71.8 Å². The van der Waals surface area contributed by atoms with Gasteiger partial charge in [-0.2, -0.15) is 0 Å². The highest BCUT2D eigenvalue weighted by Crippen LogP contribution is 2.63. The van der Waals surface area contributed by atoms with E-state index in [1.165, 1.54) is 13.8 Å². The molecule has 0 radical (unpaired) electrons. The second-order valence-corrected chi connectivity index (χ2v) is 4.68. The first-order chi connectivity index (χ1) is 5.19. The first-order valence-electron chi connectivity index (χ1n) is 4.10. The Bertz CT molecular complexity index is 215. The summed E-state index contributed by atoms with van der Waals surface area (Å²) in [5, 5.41) is 8.76. The van der Waals surface area contributed by atoms with E-state index >= 15 is 0 Å². The molecular formula is C9H15FO2. The van der Waals surface area contributed by atoms with Gasteiger partial charge in [-0.3, -0.25) is 4.79 Å². The van der Waals surface area contributed by atoms with Gasteiger partial charge < -0.3 is 5.11 Å². The second kappa shape index (κ2) is 2.21. The van der Waals surface area contributed by atoms with Gasteiger partial charge in [-0.15, -0.1) is 0 Å². The van der Waals surface area contributed by atoms with Gasteiger partial charge in [0.2, 0.25) is 0 Å². The lowest BCUT2D eigenvalue weighted by Gasteiger charge is -2.14. The SMILES string of the molecule is CC(C)(F)C1C(C(=O)O)C1(C)C. The fourth-order valence-corrected chi connectivity index (χ4v) is 2.38. The number of carbonyl (C=O) groups is 1. The average molecular weight is 174 g/mol. The third kappa shape index (κ3) is 1.21. The van der Waals surface area contributed by atoms with E-state index in [4.69, 9.17) is 5.11 Å². The van der Waals surface area contributed by atoms with Crippen molar-refractivity contribution in [2.45, 2.75) is 33.4 Å². The summed E-state index contributed by atoms with van der Waals surface area (Å²) in [5.41, 5.74) is -1.77. The summed E-state index contributed by atoms with van der Waals surface area (Å²) in [4.78, 5) is 10.7. The third-order valence-corrected chi connectivity index (χ3v) is 2.83. The number of rotatable bonds is 2. The van der Waals surface area contributed by atoms with E-state index in [0.29, 0.717) is 0 Å². The van der Waals surface area contributed by atoms with Crippen molar-refractivity contribution in [2.24, 2.45) is 17.3 Å². The Kier molecular flexibility index (Phi) is 1.75. The Morgan fingerprint density at radius 3 is 2.00 bits per heavy atom. The monoisotopic (exact) mass is 174 g/mol. The highest BCUT2D eigenvalue weighted by molar-refractivity contribution is 5.75. The molecule has 1 fully saturated rings. The van der Waals surface area contributed by atoms with E-state index in [1.807, 2.05) is 0 Å². The van der Waals surface area contributed by atoms with Crippen LogP contribution in [-0.2, 0) is 4.79 Å². The number of alkyl halides is 1. The maximum atomic E-state index is 13.4. The van der Waals surface area contributed by atoms with Crippen LogP contribution in [0.2, 0.25) is 0 Å². The lowest BCUT2D eigenvalue weighted by Crippen LogP contribution is -2.19. The quantitative estimate of drug-likeness (QED) is 0.696. The van der Waals surface area contributed by atoms with E-state index in [0.717, 1.165) is 0 Å². The van der Waals surface area contributed by atoms with Crippen LogP contribution in [0.4, 0.5) is 4.39 Å². The molecule has 0 saturated heterocycles. The van der Waals surface area contributed by atoms with Crippen LogP contribution in [0, 0.1) is 17.3 Å². The number of carboxylic acid groups (broad SMARTS) is 1. The second-order valence-electron chi connectivity index (χ2n) is 4.68. The van der Waals surface area contributed by atoms with Gasteiger partial charge in [0.15, 0.2) is 0 Å². The molecule has 2 unspecified atom stereocenters. The minimum Gasteiger partial charge on any atom is -0.481 e. The summed E-state index contributed by atoms with van der Waals surface area (Å²) in [6, 6.07) is 0. The van der Waals surface area contributed by atoms with Gasteiger partial charge >= 0.3 is 5.97 Å². The third-order valence-electron chi connectivity index (χ3n) is 2.83. The highest BCUT2D eigenvalue weighted by Gasteiger charge is 2.68. The molecule has 0 heterocycles. The number of halogens is 1. The lowest BCUT2D eigenvalue weighted by atomic mass is 9.98. The van der Waals surface area contributed by atoms with Crippen LogP contribution < -0.4 is 0 Å². The van der Waals surface area contributed by atoms with Crippen LogP contribution in [0.1, 0.15) is 27.7 Å². The molecule has 0 spiro atoms. The fourth-order valence-electron chi connectivity index (χ4n) is 2.38. The molecule has 1 aliphatic carbocycles. The van der Waals surface area contributed by atoms with Crippen molar-refractivity contribution < 1.29 is 14.3 Å². The van der Waals surface area contributed by atoms with Gasteiger partial charge in [-0.05, 0) is 19.3 Å². The Morgan fingerprint density at radius 1 is 1.50 bits per heavy atom. The molecule has 70 valence electrons. The summed E-state index contributed by atoms with van der Waals surface area (Å²) >= 11 is 0. The summed E-state index contributed by atoms with van der Waals surface area (Å²) in [7, 11) is 0. The summed E-state index contributed by atoms with van der Waals surface area (Å²) in [6.07, 6.45) is 0. The molecule has 0 aromatic heterocycles. The zero-order chi connectivity index (χ0) is 9.73. The molecule has 0 bridgehead atoms. The van der Waals surface area contributed by atoms with Crippen molar-refractivity contribution in [3.8, 4) is 0 Å². The molecule has 1 rings (SSSR count). The summed E-state index contributed by atoms with van der Waals surface area (Å²) in [5.74, 6) is -1.74. The summed E-state index contributed by atoms with van der Waals surface area (Å²) in [6.45, 7) is 6.50. The first kappa shape index (κ1) is 9.49. The Hall–Kier alpha value is -0.600. The minimum atomic E-state index is -1.38. The van der Waals surface area contributed by atoms with Crippen molar-refractivity contribution in [3.63, 3.8) is 0 Å². The van der Waals surface area contributed by atoms with Crippen molar-refractivity contribution >= 4 is 5.97 Å². The molecular weight excluding hydrogens is 159 g/mol. The van der Waals surface area contributed by atoms with Gasteiger partial charge in [0, 0.05) is 5.92 Å². The standard InChI is InChI=1S/C9H15FO2/c1-8(2)5(7(11)12)6(8)9(3,4)10/h5-6H,1-4H3,(H,11,12). The number of aliphatic carboxylic acids is 1. The van der Waals surface area contributed by atoms with Gasteiger partial charge in [0.25, 0.3) is 0 Å². The number of hydrogen-bond acceptors (Lipinski definition) is 1. The van der Waals surface area contributed by atoms with Crippen molar-refractivity contribution in [1.82, 2.24) is 0 Å². The fraction of sp³-hybridized carbons (Fsp3) is 0.889. The van der Waals surface area contributed by atoms with Crippen molar-refractivity contribution in [2.75, 3.05) is 0 Å². The molecule has 2 nitrogen and oxygen atoms in total. The normalized spacial score (nSPS) is 33.1. The molecule has 2 atom stereocenters. The van der Waals surface area contributed by atoms with Crippen molar-refractivity contribution in [1.29, 1.82) is 0 Å². The predicted octanol–water partition coefficient (Wildman–Crippen LogP) is 2.09. The van der Waals surface area contributed by atoms with E-state index < -0.39 is 17.6 Å².